The van der Waals surface area contributed by atoms with Gasteiger partial charge in [-0.05, 0) is 52.4 Å². The van der Waals surface area contributed by atoms with Gasteiger partial charge in [-0.3, -0.25) is 0 Å². The van der Waals surface area contributed by atoms with Crippen molar-refractivity contribution in [3.8, 4) is 32.6 Å². The Labute approximate surface area is 164 Å². The summed E-state index contributed by atoms with van der Waals surface area (Å²) in [5, 5.41) is 14.2. The Morgan fingerprint density at radius 1 is 0.720 bits per heavy atom. The van der Waals surface area contributed by atoms with Crippen LogP contribution in [0.15, 0.2) is 84.9 Å². The summed E-state index contributed by atoms with van der Waals surface area (Å²) < 4.78 is 2.97. The summed E-state index contributed by atoms with van der Waals surface area (Å²) in [5.41, 5.74) is 2.90. The van der Waals surface area contributed by atoms with Gasteiger partial charge in [-0.1, -0.05) is 59.9 Å². The molecule has 2 nitrogen and oxygen atoms in total. The minimum atomic E-state index is 0.0243. The summed E-state index contributed by atoms with van der Waals surface area (Å²) in [6.45, 7) is 0. The highest BCUT2D eigenvalue weighted by atomic mass is 127. The third-order valence-corrected chi connectivity index (χ3v) is 5.89. The first kappa shape index (κ1) is 16.3. The Morgan fingerprint density at radius 2 is 1.28 bits per heavy atom. The van der Waals surface area contributed by atoms with E-state index in [2.05, 4.69) is 22.6 Å². The highest BCUT2D eigenvalue weighted by molar-refractivity contribution is 14.1. The van der Waals surface area contributed by atoms with Crippen LogP contribution in [0.25, 0.3) is 26.7 Å². The van der Waals surface area contributed by atoms with Gasteiger partial charge in [-0.2, -0.15) is 4.57 Å². The molecule has 1 aromatic heterocycles. The number of hydrogen-bond donors (Lipinski definition) is 0. The standard InChI is InChI=1S/C21H14INOS/c22-17-11-13-18(14-12-17)23-20(24)19(15-7-3-1-4-8-15)25-21(23)16-9-5-2-6-10-16/h1-14H. The summed E-state index contributed by atoms with van der Waals surface area (Å²) >= 11 is 3.81. The molecule has 122 valence electrons. The predicted octanol–water partition coefficient (Wildman–Crippen LogP) is 5.04. The molecular weight excluding hydrogens is 441 g/mol. The molecule has 0 aliphatic carbocycles. The second kappa shape index (κ2) is 6.98. The van der Waals surface area contributed by atoms with E-state index in [4.69, 9.17) is 0 Å². The number of benzene rings is 3. The second-order valence-corrected chi connectivity index (χ2v) is 7.83. The zero-order chi connectivity index (χ0) is 17.2. The van der Waals surface area contributed by atoms with Crippen LogP contribution in [0, 0.1) is 3.57 Å². The van der Waals surface area contributed by atoms with E-state index >= 15 is 0 Å². The van der Waals surface area contributed by atoms with Gasteiger partial charge < -0.3 is 5.11 Å². The molecule has 0 saturated carbocycles. The number of aromatic nitrogens is 1. The summed E-state index contributed by atoms with van der Waals surface area (Å²) in [6, 6.07) is 28.0. The van der Waals surface area contributed by atoms with Crippen molar-refractivity contribution < 1.29 is 9.67 Å². The molecule has 0 atom stereocenters. The van der Waals surface area contributed by atoms with Crippen LogP contribution in [0.2, 0.25) is 0 Å². The topological polar surface area (TPSA) is 26.9 Å². The van der Waals surface area contributed by atoms with Crippen LogP contribution in [0.5, 0.6) is 5.88 Å². The van der Waals surface area contributed by atoms with E-state index in [1.165, 1.54) is 11.3 Å². The van der Waals surface area contributed by atoms with Crippen molar-refractivity contribution in [3.63, 3.8) is 0 Å². The van der Waals surface area contributed by atoms with Crippen molar-refractivity contribution in [2.45, 2.75) is 0 Å². The molecule has 4 heteroatoms. The normalized spacial score (nSPS) is 10.8. The van der Waals surface area contributed by atoms with Crippen LogP contribution in [0.4, 0.5) is 0 Å². The first-order valence-electron chi connectivity index (χ1n) is 7.86. The molecule has 1 heterocycles. The maximum absolute atomic E-state index is 13.2. The first-order chi connectivity index (χ1) is 12.2. The van der Waals surface area contributed by atoms with Crippen molar-refractivity contribution in [2.24, 2.45) is 0 Å². The molecule has 0 fully saturated rings. The zero-order valence-electron chi connectivity index (χ0n) is 13.2. The summed E-state index contributed by atoms with van der Waals surface area (Å²) in [7, 11) is 0. The molecule has 0 unspecified atom stereocenters. The lowest BCUT2D eigenvalue weighted by atomic mass is 10.2. The van der Waals surface area contributed by atoms with Gasteiger partial charge in [0, 0.05) is 15.7 Å². The minimum absolute atomic E-state index is 0.0243. The molecule has 4 rings (SSSR count). The van der Waals surface area contributed by atoms with Crippen molar-refractivity contribution in [1.82, 2.24) is 0 Å². The maximum atomic E-state index is 13.2. The third-order valence-electron chi connectivity index (χ3n) is 3.94. The molecule has 0 spiro atoms. The van der Waals surface area contributed by atoms with E-state index in [1.807, 2.05) is 89.5 Å². The van der Waals surface area contributed by atoms with Crippen LogP contribution in [-0.4, -0.2) is 0 Å². The lowest BCUT2D eigenvalue weighted by Crippen LogP contribution is -2.34. The quantitative estimate of drug-likeness (QED) is 0.314. The monoisotopic (exact) mass is 455 g/mol. The molecule has 0 aliphatic heterocycles. The van der Waals surface area contributed by atoms with Crippen molar-refractivity contribution in [1.29, 1.82) is 0 Å². The fourth-order valence-corrected chi connectivity index (χ4v) is 4.26. The van der Waals surface area contributed by atoms with Crippen LogP contribution in [0.3, 0.4) is 0 Å². The Kier molecular flexibility index (Phi) is 4.55. The zero-order valence-corrected chi connectivity index (χ0v) is 16.2. The molecule has 0 radical (unpaired) electrons. The smallest absolute Gasteiger partial charge is 0.274 e. The predicted molar refractivity (Wildman–Crippen MR) is 109 cm³/mol. The number of thiazole rings is 1. The second-order valence-electron chi connectivity index (χ2n) is 5.59. The lowest BCUT2D eigenvalue weighted by Gasteiger charge is -2.06. The van der Waals surface area contributed by atoms with Gasteiger partial charge in [0.15, 0.2) is 5.88 Å². The summed E-state index contributed by atoms with van der Waals surface area (Å²) in [6.07, 6.45) is 0. The van der Waals surface area contributed by atoms with Crippen molar-refractivity contribution in [3.05, 3.63) is 88.5 Å². The van der Waals surface area contributed by atoms with E-state index in [9.17, 15) is 5.11 Å². The van der Waals surface area contributed by atoms with E-state index in [0.29, 0.717) is 0 Å². The van der Waals surface area contributed by atoms with Crippen LogP contribution in [0.1, 0.15) is 0 Å². The molecule has 0 aliphatic rings. The Balaban J connectivity index is 1.97. The minimum Gasteiger partial charge on any atom is -0.822 e. The van der Waals surface area contributed by atoms with Gasteiger partial charge in [-0.25, -0.2) is 0 Å². The number of nitrogens with zero attached hydrogens (tertiary/aromatic N) is 1. The van der Waals surface area contributed by atoms with Crippen LogP contribution >= 0.6 is 33.9 Å². The Morgan fingerprint density at radius 3 is 1.88 bits per heavy atom. The van der Waals surface area contributed by atoms with Crippen LogP contribution < -0.4 is 9.67 Å². The summed E-state index contributed by atoms with van der Waals surface area (Å²) in [5.74, 6) is 0.0243. The highest BCUT2D eigenvalue weighted by Gasteiger charge is 2.24. The average Bonchev–Trinajstić information content (AvgIpc) is 3.01. The van der Waals surface area contributed by atoms with Gasteiger partial charge >= 0.3 is 0 Å². The molecule has 0 amide bonds. The summed E-state index contributed by atoms with van der Waals surface area (Å²) in [4.78, 5) is 0.762. The highest BCUT2D eigenvalue weighted by Crippen LogP contribution is 2.37. The molecule has 25 heavy (non-hydrogen) atoms. The van der Waals surface area contributed by atoms with Gasteiger partial charge in [0.2, 0.25) is 5.69 Å². The molecule has 0 N–H and O–H groups in total. The largest absolute Gasteiger partial charge is 0.822 e. The molecular formula is C21H14INOS. The van der Waals surface area contributed by atoms with Gasteiger partial charge in [-0.15, -0.1) is 0 Å². The van der Waals surface area contributed by atoms with E-state index < -0.39 is 0 Å². The molecule has 0 saturated heterocycles. The molecule has 3 aromatic carbocycles. The van der Waals surface area contributed by atoms with Crippen molar-refractivity contribution >= 4 is 33.9 Å². The molecule has 0 bridgehead atoms. The fraction of sp³-hybridized carbons (Fsp3) is 0. The lowest BCUT2D eigenvalue weighted by molar-refractivity contribution is -0.636. The van der Waals surface area contributed by atoms with Gasteiger partial charge in [0.1, 0.15) is 0 Å². The Hall–Kier alpha value is -2.18. The number of hydrogen-bond acceptors (Lipinski definition) is 2. The number of halogens is 1. The van der Waals surface area contributed by atoms with E-state index in [0.717, 1.165) is 30.3 Å². The van der Waals surface area contributed by atoms with E-state index in [1.54, 1.807) is 0 Å². The van der Waals surface area contributed by atoms with Gasteiger partial charge in [0.05, 0.1) is 10.4 Å². The Bertz CT molecular complexity index is 996. The third kappa shape index (κ3) is 3.19. The van der Waals surface area contributed by atoms with Crippen molar-refractivity contribution in [2.75, 3.05) is 0 Å². The maximum Gasteiger partial charge on any atom is 0.274 e. The first-order valence-corrected chi connectivity index (χ1v) is 9.76. The van der Waals surface area contributed by atoms with E-state index in [-0.39, 0.29) is 5.88 Å². The molecule has 4 aromatic rings. The number of rotatable bonds is 3. The SMILES string of the molecule is [O-]c1c(-c2ccccc2)sc(-c2ccccc2)[n+]1-c1ccc(I)cc1. The van der Waals surface area contributed by atoms with Crippen LogP contribution in [-0.2, 0) is 0 Å². The fourth-order valence-electron chi connectivity index (χ4n) is 2.75. The van der Waals surface area contributed by atoms with Gasteiger partial charge in [0.25, 0.3) is 5.01 Å². The average molecular weight is 455 g/mol.